The van der Waals surface area contributed by atoms with Crippen LogP contribution in [-0.4, -0.2) is 64.3 Å². The summed E-state index contributed by atoms with van der Waals surface area (Å²) in [5, 5.41) is 0. The van der Waals surface area contributed by atoms with Gasteiger partial charge in [0.1, 0.15) is 0 Å². The van der Waals surface area contributed by atoms with E-state index >= 15 is 0 Å². The standard InChI is InChI=1S/C23H34N4O3/c1-5-30-22(29)26-13-10-18(15-26)25-11-8-17(9-12-25)27-20-14-16(23(2,3)4)6-7-19(20)24-21(27)28/h6-7,14,17-18H,5,8-13,15H2,1-4H3,(H,24,28)/t18-/m0/s1. The van der Waals surface area contributed by atoms with Gasteiger partial charge < -0.3 is 14.6 Å². The highest BCUT2D eigenvalue weighted by Gasteiger charge is 2.34. The van der Waals surface area contributed by atoms with E-state index in [4.69, 9.17) is 4.74 Å². The SMILES string of the molecule is CCOC(=O)N1CC[C@H](N2CCC(n3c(=O)[nH]c4ccc(C(C)(C)C)cc43)CC2)C1. The molecule has 0 saturated carbocycles. The zero-order valence-corrected chi connectivity index (χ0v) is 18.6. The van der Waals surface area contributed by atoms with Gasteiger partial charge in [-0.1, -0.05) is 26.8 Å². The predicted molar refractivity (Wildman–Crippen MR) is 118 cm³/mol. The summed E-state index contributed by atoms with van der Waals surface area (Å²) in [7, 11) is 0. The zero-order valence-electron chi connectivity index (χ0n) is 18.6. The van der Waals surface area contributed by atoms with Gasteiger partial charge in [-0.2, -0.15) is 0 Å². The van der Waals surface area contributed by atoms with Gasteiger partial charge in [0.2, 0.25) is 0 Å². The molecule has 0 radical (unpaired) electrons. The third kappa shape index (κ3) is 4.00. The Hall–Kier alpha value is -2.28. The van der Waals surface area contributed by atoms with Crippen molar-refractivity contribution in [2.45, 2.75) is 64.5 Å². The van der Waals surface area contributed by atoms with Crippen LogP contribution in [0.5, 0.6) is 0 Å². The number of H-pyrrole nitrogens is 1. The molecular weight excluding hydrogens is 380 g/mol. The van der Waals surface area contributed by atoms with E-state index in [0.717, 1.165) is 56.5 Å². The monoisotopic (exact) mass is 414 g/mol. The average molecular weight is 415 g/mol. The molecule has 2 aliphatic heterocycles. The Bertz CT molecular complexity index is 963. The van der Waals surface area contributed by atoms with Gasteiger partial charge in [0, 0.05) is 38.3 Å². The fourth-order valence-electron chi connectivity index (χ4n) is 4.88. The lowest BCUT2D eigenvalue weighted by molar-refractivity contribution is 0.105. The normalized spacial score (nSPS) is 21.5. The van der Waals surface area contributed by atoms with Crippen LogP contribution in [-0.2, 0) is 10.2 Å². The number of piperidine rings is 1. The van der Waals surface area contributed by atoms with Gasteiger partial charge >= 0.3 is 11.8 Å². The highest BCUT2D eigenvalue weighted by Crippen LogP contribution is 2.30. The number of ether oxygens (including phenoxy) is 1. The number of aromatic amines is 1. The first-order chi connectivity index (χ1) is 14.3. The number of hydrogen-bond acceptors (Lipinski definition) is 4. The van der Waals surface area contributed by atoms with Crippen molar-refractivity contribution in [3.05, 3.63) is 34.2 Å². The number of nitrogens with one attached hydrogen (secondary N) is 1. The third-order valence-corrected chi connectivity index (χ3v) is 6.65. The lowest BCUT2D eigenvalue weighted by Gasteiger charge is -2.36. The molecule has 2 saturated heterocycles. The van der Waals surface area contributed by atoms with Crippen molar-refractivity contribution in [1.29, 1.82) is 0 Å². The number of aromatic nitrogens is 2. The van der Waals surface area contributed by atoms with Crippen molar-refractivity contribution >= 4 is 17.1 Å². The van der Waals surface area contributed by atoms with Crippen LogP contribution in [0.3, 0.4) is 0 Å². The largest absolute Gasteiger partial charge is 0.450 e. The predicted octanol–water partition coefficient (Wildman–Crippen LogP) is 3.49. The van der Waals surface area contributed by atoms with Gasteiger partial charge in [-0.15, -0.1) is 0 Å². The second kappa shape index (κ2) is 8.10. The van der Waals surface area contributed by atoms with E-state index in [9.17, 15) is 9.59 Å². The fourth-order valence-corrected chi connectivity index (χ4v) is 4.88. The quantitative estimate of drug-likeness (QED) is 0.835. The van der Waals surface area contributed by atoms with E-state index < -0.39 is 0 Å². The van der Waals surface area contributed by atoms with Crippen LogP contribution < -0.4 is 5.69 Å². The van der Waals surface area contributed by atoms with Crippen molar-refractivity contribution in [3.8, 4) is 0 Å². The molecule has 1 aromatic carbocycles. The van der Waals surface area contributed by atoms with Gasteiger partial charge in [-0.05, 0) is 49.3 Å². The van der Waals surface area contributed by atoms with Crippen LogP contribution in [0.4, 0.5) is 4.79 Å². The summed E-state index contributed by atoms with van der Waals surface area (Å²) in [6.07, 6.45) is 2.69. The minimum atomic E-state index is -0.199. The second-order valence-corrected chi connectivity index (χ2v) is 9.64. The number of carbonyl (C=O) groups excluding carboxylic acids is 1. The van der Waals surface area contributed by atoms with Crippen molar-refractivity contribution in [3.63, 3.8) is 0 Å². The molecule has 0 aliphatic carbocycles. The molecule has 3 heterocycles. The van der Waals surface area contributed by atoms with Crippen molar-refractivity contribution in [2.75, 3.05) is 32.8 Å². The Morgan fingerprint density at radius 1 is 1.13 bits per heavy atom. The number of imidazole rings is 1. The Labute approximate surface area is 178 Å². The molecular formula is C23H34N4O3. The molecule has 0 bridgehead atoms. The number of fused-ring (bicyclic) bond motifs is 1. The van der Waals surface area contributed by atoms with Crippen LogP contribution in [0.15, 0.2) is 23.0 Å². The van der Waals surface area contributed by atoms with Crippen molar-refractivity contribution in [2.24, 2.45) is 0 Å². The second-order valence-electron chi connectivity index (χ2n) is 9.64. The smallest absolute Gasteiger partial charge is 0.409 e. The number of rotatable bonds is 3. The van der Waals surface area contributed by atoms with E-state index in [1.165, 1.54) is 5.56 Å². The molecule has 1 aromatic heterocycles. The van der Waals surface area contributed by atoms with Gasteiger partial charge in [0.05, 0.1) is 17.6 Å². The maximum absolute atomic E-state index is 12.8. The molecule has 30 heavy (non-hydrogen) atoms. The van der Waals surface area contributed by atoms with E-state index in [2.05, 4.69) is 42.8 Å². The van der Waals surface area contributed by atoms with Crippen LogP contribution >= 0.6 is 0 Å². The van der Waals surface area contributed by atoms with Gasteiger partial charge in [0.25, 0.3) is 0 Å². The summed E-state index contributed by atoms with van der Waals surface area (Å²) in [5.74, 6) is 0. The van der Waals surface area contributed by atoms with E-state index in [0.29, 0.717) is 12.6 Å². The number of likely N-dealkylation sites (tertiary alicyclic amines) is 2. The lowest BCUT2D eigenvalue weighted by atomic mass is 9.87. The van der Waals surface area contributed by atoms with Crippen LogP contribution in [0.2, 0.25) is 0 Å². The van der Waals surface area contributed by atoms with Gasteiger partial charge in [0.15, 0.2) is 0 Å². The third-order valence-electron chi connectivity index (χ3n) is 6.65. The molecule has 0 spiro atoms. The number of carbonyl (C=O) groups is 1. The number of hydrogen-bond donors (Lipinski definition) is 1. The molecule has 2 aliphatic rings. The molecule has 164 valence electrons. The summed E-state index contributed by atoms with van der Waals surface area (Å²) >= 11 is 0. The first-order valence-corrected chi connectivity index (χ1v) is 11.2. The molecule has 2 fully saturated rings. The molecule has 0 unspecified atom stereocenters. The van der Waals surface area contributed by atoms with Crippen LogP contribution in [0, 0.1) is 0 Å². The van der Waals surface area contributed by atoms with Crippen LogP contribution in [0.25, 0.3) is 11.0 Å². The first kappa shape index (κ1) is 21.0. The highest BCUT2D eigenvalue weighted by molar-refractivity contribution is 5.76. The summed E-state index contributed by atoms with van der Waals surface area (Å²) in [5.41, 5.74) is 3.20. The van der Waals surface area contributed by atoms with E-state index in [1.807, 2.05) is 22.5 Å². The molecule has 7 heteroatoms. The zero-order chi connectivity index (χ0) is 21.5. The molecule has 1 N–H and O–H groups in total. The molecule has 1 atom stereocenters. The van der Waals surface area contributed by atoms with Gasteiger partial charge in [-0.25, -0.2) is 9.59 Å². The number of benzene rings is 1. The molecule has 7 nitrogen and oxygen atoms in total. The average Bonchev–Trinajstić information content (AvgIpc) is 3.31. The maximum Gasteiger partial charge on any atom is 0.409 e. The minimum Gasteiger partial charge on any atom is -0.450 e. The number of amides is 1. The van der Waals surface area contributed by atoms with E-state index in [-0.39, 0.29) is 23.2 Å². The topological polar surface area (TPSA) is 70.6 Å². The Morgan fingerprint density at radius 2 is 1.83 bits per heavy atom. The number of nitrogens with zero attached hydrogens (tertiary/aromatic N) is 3. The summed E-state index contributed by atoms with van der Waals surface area (Å²) < 4.78 is 7.12. The minimum absolute atomic E-state index is 0.0103. The highest BCUT2D eigenvalue weighted by atomic mass is 16.6. The molecule has 1 amide bonds. The first-order valence-electron chi connectivity index (χ1n) is 11.2. The van der Waals surface area contributed by atoms with Crippen molar-refractivity contribution < 1.29 is 9.53 Å². The molecule has 4 rings (SSSR count). The summed E-state index contributed by atoms with van der Waals surface area (Å²) in [6.45, 7) is 12.3. The molecule has 2 aromatic rings. The fraction of sp³-hybridized carbons (Fsp3) is 0.652. The van der Waals surface area contributed by atoms with Crippen molar-refractivity contribution in [1.82, 2.24) is 19.4 Å². The Kier molecular flexibility index (Phi) is 5.66. The lowest BCUT2D eigenvalue weighted by Crippen LogP contribution is -2.44. The van der Waals surface area contributed by atoms with E-state index in [1.54, 1.807) is 0 Å². The summed E-state index contributed by atoms with van der Waals surface area (Å²) in [6, 6.07) is 6.92. The van der Waals surface area contributed by atoms with Gasteiger partial charge in [-0.3, -0.25) is 9.47 Å². The Morgan fingerprint density at radius 3 is 2.50 bits per heavy atom. The Balaban J connectivity index is 1.46. The maximum atomic E-state index is 12.8. The van der Waals surface area contributed by atoms with Crippen LogP contribution in [0.1, 0.15) is 58.6 Å². The summed E-state index contributed by atoms with van der Waals surface area (Å²) in [4.78, 5) is 32.1.